The van der Waals surface area contributed by atoms with Crippen molar-refractivity contribution in [2.45, 2.75) is 83.0 Å². The number of allylic oxidation sites excluding steroid dienone is 2. The second-order valence-corrected chi connectivity index (χ2v) is 7.26. The first kappa shape index (κ1) is 21.1. The van der Waals surface area contributed by atoms with E-state index in [0.29, 0.717) is 12.3 Å². The Morgan fingerprint density at radius 1 is 1.23 bits per heavy atom. The Morgan fingerprint density at radius 3 is 2.77 bits per heavy atom. The minimum Gasteiger partial charge on any atom is -0.481 e. The zero-order valence-corrected chi connectivity index (χ0v) is 15.6. The fourth-order valence-corrected chi connectivity index (χ4v) is 3.79. The van der Waals surface area contributed by atoms with Gasteiger partial charge in [0.2, 0.25) is 0 Å². The van der Waals surface area contributed by atoms with Crippen LogP contribution in [0.5, 0.6) is 0 Å². The average molecular weight is 368 g/mol. The van der Waals surface area contributed by atoms with Gasteiger partial charge in [-0.3, -0.25) is 10.1 Å². The Hall–Kier alpha value is -1.21. The van der Waals surface area contributed by atoms with Crippen LogP contribution in [0.25, 0.3) is 0 Å². The largest absolute Gasteiger partial charge is 0.481 e. The number of carboxylic acid groups (broad SMARTS) is 1. The first-order valence-electron chi connectivity index (χ1n) is 9.83. The number of hydrogen-bond acceptors (Lipinski definition) is 5. The Kier molecular flexibility index (Phi) is 9.32. The summed E-state index contributed by atoms with van der Waals surface area (Å²) < 4.78 is 0. The molecule has 0 radical (unpaired) electrons. The van der Waals surface area contributed by atoms with E-state index in [0.717, 1.165) is 44.9 Å². The van der Waals surface area contributed by atoms with Crippen molar-refractivity contribution in [2.24, 2.45) is 11.8 Å². The normalized spacial score (nSPS) is 29.2. The van der Waals surface area contributed by atoms with Crippen LogP contribution in [0.2, 0.25) is 0 Å². The Morgan fingerprint density at radius 2 is 2.04 bits per heavy atom. The van der Waals surface area contributed by atoms with Gasteiger partial charge in [-0.25, -0.2) is 14.7 Å². The molecule has 2 fully saturated rings. The van der Waals surface area contributed by atoms with E-state index >= 15 is 0 Å². The molecule has 0 amide bonds. The van der Waals surface area contributed by atoms with E-state index < -0.39 is 5.97 Å². The summed E-state index contributed by atoms with van der Waals surface area (Å²) >= 11 is 0. The topological polar surface area (TPSA) is 85.2 Å². The second kappa shape index (κ2) is 11.5. The molecule has 6 nitrogen and oxygen atoms in total. The molecule has 1 saturated carbocycles. The third kappa shape index (κ3) is 6.50. The molecule has 1 saturated heterocycles. The molecule has 2 N–H and O–H groups in total. The number of fused-ring (bicyclic) bond motifs is 2. The molecular weight excluding hydrogens is 336 g/mol. The molecule has 1 aliphatic carbocycles. The van der Waals surface area contributed by atoms with Crippen molar-refractivity contribution in [1.29, 1.82) is 0 Å². The van der Waals surface area contributed by atoms with Crippen LogP contribution in [0.3, 0.4) is 0 Å². The average Bonchev–Trinajstić information content (AvgIpc) is 3.22. The van der Waals surface area contributed by atoms with Gasteiger partial charge in [0.05, 0.1) is 6.10 Å². The van der Waals surface area contributed by atoms with Crippen molar-refractivity contribution in [3.8, 4) is 0 Å². The van der Waals surface area contributed by atoms with Gasteiger partial charge >= 0.3 is 5.97 Å². The molecule has 5 atom stereocenters. The van der Waals surface area contributed by atoms with Gasteiger partial charge in [-0.1, -0.05) is 50.5 Å². The highest BCUT2D eigenvalue weighted by molar-refractivity contribution is 5.66. The smallest absolute Gasteiger partial charge is 0.303 e. The lowest BCUT2D eigenvalue weighted by Gasteiger charge is -2.27. The van der Waals surface area contributed by atoms with Gasteiger partial charge in [0, 0.05) is 24.7 Å². The number of carboxylic acids is 1. The van der Waals surface area contributed by atoms with E-state index in [1.54, 1.807) is 0 Å². The molecule has 26 heavy (non-hydrogen) atoms. The molecule has 1 aliphatic heterocycles. The summed E-state index contributed by atoms with van der Waals surface area (Å²) in [6.07, 6.45) is 15.7. The monoisotopic (exact) mass is 368 g/mol. The van der Waals surface area contributed by atoms with Crippen molar-refractivity contribution >= 4 is 5.97 Å². The molecule has 0 aromatic rings. The first-order chi connectivity index (χ1) is 12.7. The Balaban J connectivity index is 1.82. The fraction of sp³-hybridized carbons (Fsp3) is 0.750. The summed E-state index contributed by atoms with van der Waals surface area (Å²) in [6.45, 7) is 2.15. The molecule has 0 spiro atoms. The van der Waals surface area contributed by atoms with E-state index in [9.17, 15) is 4.79 Å². The van der Waals surface area contributed by atoms with Crippen molar-refractivity contribution in [1.82, 2.24) is 0 Å². The van der Waals surface area contributed by atoms with Crippen LogP contribution in [0.1, 0.15) is 64.7 Å². The highest BCUT2D eigenvalue weighted by Gasteiger charge is 2.49. The molecule has 2 bridgehead atoms. The highest BCUT2D eigenvalue weighted by atomic mass is 17.2. The number of aliphatic carboxylic acids is 1. The summed E-state index contributed by atoms with van der Waals surface area (Å²) in [5.41, 5.74) is 0. The minimum atomic E-state index is -0.748. The molecule has 0 aromatic heterocycles. The van der Waals surface area contributed by atoms with Crippen LogP contribution in [0, 0.1) is 11.8 Å². The van der Waals surface area contributed by atoms with Crippen LogP contribution in [-0.2, 0) is 19.5 Å². The zero-order valence-electron chi connectivity index (χ0n) is 15.6. The van der Waals surface area contributed by atoms with Crippen molar-refractivity contribution in [2.75, 3.05) is 0 Å². The van der Waals surface area contributed by atoms with Gasteiger partial charge in [-0.15, -0.1) is 0 Å². The van der Waals surface area contributed by atoms with Crippen molar-refractivity contribution in [3.05, 3.63) is 24.3 Å². The van der Waals surface area contributed by atoms with E-state index in [-0.39, 0.29) is 30.7 Å². The van der Waals surface area contributed by atoms with Crippen molar-refractivity contribution in [3.63, 3.8) is 0 Å². The third-order valence-corrected chi connectivity index (χ3v) is 5.28. The highest BCUT2D eigenvalue weighted by Crippen LogP contribution is 2.44. The van der Waals surface area contributed by atoms with Crippen LogP contribution in [-0.4, -0.2) is 34.6 Å². The fourth-order valence-electron chi connectivity index (χ4n) is 3.79. The van der Waals surface area contributed by atoms with Crippen LogP contribution >= 0.6 is 0 Å². The molecule has 148 valence electrons. The maximum absolute atomic E-state index is 10.5. The maximum Gasteiger partial charge on any atom is 0.303 e. The standard InChI is InChI=1S/C20H32O6/c1-2-3-6-9-15(24-23)12-13-17-16(18-14-19(17)26-25-18)10-7-4-5-8-11-20(21)22/h4,7,12-13,15-19,23H,2-3,5-6,8-11,14H2,1H3,(H,21,22)/b7-4-,13-12+/t15-,16-,17-,18+,19+/m1/s1. The predicted molar refractivity (Wildman–Crippen MR) is 97.4 cm³/mol. The number of hydrogen-bond donors (Lipinski definition) is 2. The van der Waals surface area contributed by atoms with Gasteiger partial charge in [-0.05, 0) is 25.7 Å². The van der Waals surface area contributed by atoms with Gasteiger partial charge in [-0.2, -0.15) is 0 Å². The maximum atomic E-state index is 10.5. The van der Waals surface area contributed by atoms with E-state index in [2.05, 4.69) is 30.0 Å². The number of carbonyl (C=O) groups is 1. The van der Waals surface area contributed by atoms with E-state index in [4.69, 9.17) is 20.1 Å². The second-order valence-electron chi connectivity index (χ2n) is 7.26. The number of unbranched alkanes of at least 4 members (excludes halogenated alkanes) is 3. The summed E-state index contributed by atoms with van der Waals surface area (Å²) in [5.74, 6) is -0.154. The zero-order chi connectivity index (χ0) is 18.8. The molecule has 6 heteroatoms. The molecule has 0 aromatic carbocycles. The molecule has 0 unspecified atom stereocenters. The summed E-state index contributed by atoms with van der Waals surface area (Å²) in [6, 6.07) is 0. The van der Waals surface area contributed by atoms with Crippen LogP contribution < -0.4 is 0 Å². The van der Waals surface area contributed by atoms with Gasteiger partial charge in [0.25, 0.3) is 0 Å². The summed E-state index contributed by atoms with van der Waals surface area (Å²) in [5, 5.41) is 17.8. The SMILES string of the molecule is CCCCC[C@H](/C=C/[C@@H]1[C@@H](C/C=C\CCCC(=O)O)[C@@H]2C[C@@H]1OO2)OO. The van der Waals surface area contributed by atoms with Gasteiger partial charge in [0.15, 0.2) is 0 Å². The molecular formula is C20H32O6. The summed E-state index contributed by atoms with van der Waals surface area (Å²) in [4.78, 5) is 25.9. The minimum absolute atomic E-state index is 0.0663. The lowest BCUT2D eigenvalue weighted by Crippen LogP contribution is -2.29. The molecule has 1 heterocycles. The lowest BCUT2D eigenvalue weighted by molar-refractivity contribution is -0.336. The molecule has 2 rings (SSSR count). The van der Waals surface area contributed by atoms with Crippen LogP contribution in [0.15, 0.2) is 24.3 Å². The third-order valence-electron chi connectivity index (χ3n) is 5.28. The van der Waals surface area contributed by atoms with Crippen LogP contribution in [0.4, 0.5) is 0 Å². The Bertz CT molecular complexity index is 475. The quantitative estimate of drug-likeness (QED) is 0.215. The number of rotatable bonds is 13. The predicted octanol–water partition coefficient (Wildman–Crippen LogP) is 4.52. The lowest BCUT2D eigenvalue weighted by atomic mass is 9.89. The van der Waals surface area contributed by atoms with E-state index in [1.165, 1.54) is 0 Å². The van der Waals surface area contributed by atoms with Gasteiger partial charge < -0.3 is 5.11 Å². The van der Waals surface area contributed by atoms with Gasteiger partial charge in [0.1, 0.15) is 12.2 Å². The summed E-state index contributed by atoms with van der Waals surface area (Å²) in [7, 11) is 0. The molecule has 2 aliphatic rings. The van der Waals surface area contributed by atoms with E-state index in [1.807, 2.05) is 6.08 Å². The van der Waals surface area contributed by atoms with Crippen molar-refractivity contribution < 1.29 is 29.8 Å². The first-order valence-corrected chi connectivity index (χ1v) is 9.83. The Labute approximate surface area is 155 Å².